The van der Waals surface area contributed by atoms with Crippen molar-refractivity contribution in [3.63, 3.8) is 0 Å². The van der Waals surface area contributed by atoms with Crippen molar-refractivity contribution in [1.82, 2.24) is 9.78 Å². The number of carbonyl (C=O) groups excluding carboxylic acids is 1. The molecule has 5 nitrogen and oxygen atoms in total. The average molecular weight is 359 g/mol. The number of nitrogens with zero attached hydrogens (tertiary/aromatic N) is 3. The van der Waals surface area contributed by atoms with Crippen molar-refractivity contribution >= 4 is 34.8 Å². The smallest absolute Gasteiger partial charge is 0.163 e. The zero-order valence-corrected chi connectivity index (χ0v) is 14.0. The number of ketones is 1. The van der Waals surface area contributed by atoms with Gasteiger partial charge in [-0.15, -0.1) is 0 Å². The number of benzene rings is 1. The van der Waals surface area contributed by atoms with Crippen molar-refractivity contribution < 1.29 is 4.79 Å². The molecular weight excluding hydrogens is 347 g/mol. The van der Waals surface area contributed by atoms with Gasteiger partial charge in [0.1, 0.15) is 23.5 Å². The van der Waals surface area contributed by atoms with Gasteiger partial charge in [-0.05, 0) is 30.5 Å². The number of fused-ring (bicyclic) bond motifs is 1. The van der Waals surface area contributed by atoms with Gasteiger partial charge in [-0.2, -0.15) is 10.4 Å². The number of halogens is 2. The Hall–Kier alpha value is -2.29. The van der Waals surface area contributed by atoms with Crippen LogP contribution in [-0.4, -0.2) is 15.6 Å². The molecule has 0 bridgehead atoms. The number of allylic oxidation sites excluding steroid dienone is 2. The van der Waals surface area contributed by atoms with Gasteiger partial charge in [0.05, 0.1) is 16.2 Å². The quantitative estimate of drug-likeness (QED) is 0.833. The molecule has 1 aliphatic carbocycles. The van der Waals surface area contributed by atoms with Gasteiger partial charge in [-0.25, -0.2) is 4.68 Å². The molecule has 1 N–H and O–H groups in total. The fourth-order valence-corrected chi connectivity index (χ4v) is 3.64. The first-order valence-electron chi connectivity index (χ1n) is 7.56. The first-order valence-corrected chi connectivity index (χ1v) is 8.31. The number of anilines is 1. The molecule has 0 saturated heterocycles. The third-order valence-corrected chi connectivity index (χ3v) is 5.16. The van der Waals surface area contributed by atoms with Crippen molar-refractivity contribution in [3.8, 4) is 6.07 Å². The molecule has 1 atom stereocenters. The van der Waals surface area contributed by atoms with E-state index in [9.17, 15) is 10.1 Å². The molecule has 2 heterocycles. The van der Waals surface area contributed by atoms with Crippen LogP contribution in [0.15, 0.2) is 35.7 Å². The van der Waals surface area contributed by atoms with E-state index in [0.717, 1.165) is 24.1 Å². The van der Waals surface area contributed by atoms with E-state index in [1.54, 1.807) is 16.8 Å². The Morgan fingerprint density at radius 1 is 1.29 bits per heavy atom. The zero-order chi connectivity index (χ0) is 16.8. The molecule has 2 aliphatic rings. The Morgan fingerprint density at radius 2 is 2.12 bits per heavy atom. The van der Waals surface area contributed by atoms with Crippen LogP contribution in [0.4, 0.5) is 5.82 Å². The van der Waals surface area contributed by atoms with Crippen molar-refractivity contribution in [1.29, 1.82) is 5.26 Å². The van der Waals surface area contributed by atoms with Gasteiger partial charge in [0.15, 0.2) is 5.78 Å². The second-order valence-corrected chi connectivity index (χ2v) is 6.65. The van der Waals surface area contributed by atoms with Crippen LogP contribution in [0.2, 0.25) is 10.0 Å². The summed E-state index contributed by atoms with van der Waals surface area (Å²) in [6.45, 7) is 0. The Morgan fingerprint density at radius 3 is 2.88 bits per heavy atom. The molecule has 0 fully saturated rings. The van der Waals surface area contributed by atoms with Crippen LogP contribution in [-0.2, 0) is 4.79 Å². The maximum absolute atomic E-state index is 12.6. The fraction of sp³-hybridized carbons (Fsp3) is 0.235. The SMILES string of the molecule is N#Cc1cnn2c1NC1=C(C(=O)CCC1)[C@@H]2c1ccc(Cl)c(Cl)c1. The van der Waals surface area contributed by atoms with Crippen LogP contribution in [0.3, 0.4) is 0 Å². The molecular formula is C17H12Cl2N4O. The summed E-state index contributed by atoms with van der Waals surface area (Å²) in [5, 5.41) is 17.7. The van der Waals surface area contributed by atoms with Crippen LogP contribution in [0, 0.1) is 11.3 Å². The van der Waals surface area contributed by atoms with E-state index in [2.05, 4.69) is 16.5 Å². The number of nitrogens with one attached hydrogen (secondary N) is 1. The molecule has 1 aromatic heterocycles. The Labute approximate surface area is 148 Å². The highest BCUT2D eigenvalue weighted by Crippen LogP contribution is 2.42. The molecule has 0 spiro atoms. The molecule has 0 amide bonds. The standard InChI is InChI=1S/C17H12Cl2N4O/c18-11-5-4-9(6-12(11)19)16-15-13(2-1-3-14(15)24)22-17-10(7-20)8-21-23(16)17/h4-6,8,16,22H,1-3H2/t16-/m0/s1. The molecule has 0 saturated carbocycles. The summed E-state index contributed by atoms with van der Waals surface area (Å²) in [4.78, 5) is 12.6. The van der Waals surface area contributed by atoms with Gasteiger partial charge in [0.25, 0.3) is 0 Å². The summed E-state index contributed by atoms with van der Waals surface area (Å²) in [5.74, 6) is 0.710. The van der Waals surface area contributed by atoms with Crippen molar-refractivity contribution in [3.05, 3.63) is 56.8 Å². The van der Waals surface area contributed by atoms with E-state index >= 15 is 0 Å². The summed E-state index contributed by atoms with van der Waals surface area (Å²) in [6.07, 6.45) is 3.60. The Balaban J connectivity index is 1.95. The third kappa shape index (κ3) is 2.22. The number of hydrogen-bond donors (Lipinski definition) is 1. The molecule has 0 radical (unpaired) electrons. The molecule has 1 aromatic carbocycles. The van der Waals surface area contributed by atoms with E-state index in [1.165, 1.54) is 6.20 Å². The van der Waals surface area contributed by atoms with Gasteiger partial charge in [-0.3, -0.25) is 4.79 Å². The molecule has 4 rings (SSSR count). The summed E-state index contributed by atoms with van der Waals surface area (Å²) in [6, 6.07) is 7.04. The second-order valence-electron chi connectivity index (χ2n) is 5.83. The minimum absolute atomic E-state index is 0.0967. The van der Waals surface area contributed by atoms with Gasteiger partial charge < -0.3 is 5.32 Å². The number of Topliss-reactive ketones (excluding diaryl/α,β-unsaturated/α-hetero) is 1. The van der Waals surface area contributed by atoms with Gasteiger partial charge in [-0.1, -0.05) is 29.3 Å². The predicted molar refractivity (Wildman–Crippen MR) is 91.0 cm³/mol. The van der Waals surface area contributed by atoms with Crippen molar-refractivity contribution in [2.24, 2.45) is 0 Å². The number of carbonyl (C=O) groups is 1. The van der Waals surface area contributed by atoms with E-state index in [0.29, 0.717) is 33.4 Å². The molecule has 24 heavy (non-hydrogen) atoms. The van der Waals surface area contributed by atoms with Crippen LogP contribution in [0.1, 0.15) is 36.4 Å². The molecule has 2 aromatic rings. The zero-order valence-electron chi connectivity index (χ0n) is 12.5. The highest BCUT2D eigenvalue weighted by molar-refractivity contribution is 6.42. The minimum atomic E-state index is -0.402. The maximum Gasteiger partial charge on any atom is 0.163 e. The Bertz CT molecular complexity index is 939. The van der Waals surface area contributed by atoms with Crippen LogP contribution >= 0.6 is 23.2 Å². The number of rotatable bonds is 1. The summed E-state index contributed by atoms with van der Waals surface area (Å²) in [5.41, 5.74) is 2.83. The lowest BCUT2D eigenvalue weighted by atomic mass is 9.85. The van der Waals surface area contributed by atoms with Crippen LogP contribution in [0.5, 0.6) is 0 Å². The monoisotopic (exact) mass is 358 g/mol. The lowest BCUT2D eigenvalue weighted by Gasteiger charge is -2.33. The number of aromatic nitrogens is 2. The van der Waals surface area contributed by atoms with E-state index in [-0.39, 0.29) is 5.78 Å². The maximum atomic E-state index is 12.6. The van der Waals surface area contributed by atoms with Gasteiger partial charge >= 0.3 is 0 Å². The highest BCUT2D eigenvalue weighted by Gasteiger charge is 2.36. The molecule has 120 valence electrons. The number of nitriles is 1. The topological polar surface area (TPSA) is 70.7 Å². The predicted octanol–water partition coefficient (Wildman–Crippen LogP) is 4.08. The average Bonchev–Trinajstić information content (AvgIpc) is 2.98. The summed E-state index contributed by atoms with van der Waals surface area (Å²) < 4.78 is 1.68. The van der Waals surface area contributed by atoms with Gasteiger partial charge in [0.2, 0.25) is 0 Å². The van der Waals surface area contributed by atoms with Crippen LogP contribution in [0.25, 0.3) is 0 Å². The molecule has 1 aliphatic heterocycles. The van der Waals surface area contributed by atoms with E-state index in [1.807, 2.05) is 6.07 Å². The second kappa shape index (κ2) is 5.66. The summed E-state index contributed by atoms with van der Waals surface area (Å²) >= 11 is 12.2. The lowest BCUT2D eigenvalue weighted by Crippen LogP contribution is -2.31. The number of hydrogen-bond acceptors (Lipinski definition) is 4. The van der Waals surface area contributed by atoms with Gasteiger partial charge in [0, 0.05) is 17.7 Å². The first kappa shape index (κ1) is 15.3. The minimum Gasteiger partial charge on any atom is -0.342 e. The summed E-state index contributed by atoms with van der Waals surface area (Å²) in [7, 11) is 0. The van der Waals surface area contributed by atoms with Crippen molar-refractivity contribution in [2.45, 2.75) is 25.3 Å². The Kier molecular flexibility index (Phi) is 3.60. The normalized spacial score (nSPS) is 19.4. The lowest BCUT2D eigenvalue weighted by molar-refractivity contribution is -0.116. The van der Waals surface area contributed by atoms with E-state index < -0.39 is 6.04 Å². The van der Waals surface area contributed by atoms with E-state index in [4.69, 9.17) is 23.2 Å². The third-order valence-electron chi connectivity index (χ3n) is 4.42. The molecule has 7 heteroatoms. The fourth-order valence-electron chi connectivity index (χ4n) is 3.33. The first-order chi connectivity index (χ1) is 11.6. The largest absolute Gasteiger partial charge is 0.342 e. The molecule has 0 unspecified atom stereocenters. The highest BCUT2D eigenvalue weighted by atomic mass is 35.5. The van der Waals surface area contributed by atoms with Crippen molar-refractivity contribution in [2.75, 3.05) is 5.32 Å². The van der Waals surface area contributed by atoms with Crippen LogP contribution < -0.4 is 5.32 Å².